The lowest BCUT2D eigenvalue weighted by Crippen LogP contribution is -2.31. The molecule has 0 saturated carbocycles. The number of nitrogens with one attached hydrogen (secondary N) is 1. The van der Waals surface area contributed by atoms with Crippen molar-refractivity contribution in [2.45, 2.75) is 24.7 Å². The third kappa shape index (κ3) is 5.58. The van der Waals surface area contributed by atoms with Gasteiger partial charge in [0.25, 0.3) is 11.8 Å². The van der Waals surface area contributed by atoms with Crippen molar-refractivity contribution in [1.29, 1.82) is 0 Å². The number of alkyl halides is 5. The highest BCUT2D eigenvalue weighted by atomic mass is 19.4. The van der Waals surface area contributed by atoms with Gasteiger partial charge in [0.05, 0.1) is 25.4 Å². The summed E-state index contributed by atoms with van der Waals surface area (Å²) in [6.45, 7) is -0.534. The number of ether oxygens (including phenoxy) is 2. The molecule has 1 aromatic carbocycles. The van der Waals surface area contributed by atoms with Crippen LogP contribution in [0.4, 0.5) is 32.2 Å². The van der Waals surface area contributed by atoms with E-state index in [-0.39, 0.29) is 42.2 Å². The molecule has 0 aliphatic carbocycles. The van der Waals surface area contributed by atoms with Gasteiger partial charge in [-0.15, -0.1) is 13.2 Å². The van der Waals surface area contributed by atoms with E-state index in [2.05, 4.69) is 20.1 Å². The molecule has 3 heterocycles. The van der Waals surface area contributed by atoms with Gasteiger partial charge in [0.1, 0.15) is 11.4 Å². The minimum Gasteiger partial charge on any atom is -0.403 e. The van der Waals surface area contributed by atoms with Crippen LogP contribution in [0.2, 0.25) is 0 Å². The molecule has 1 saturated heterocycles. The molecule has 0 spiro atoms. The van der Waals surface area contributed by atoms with Crippen molar-refractivity contribution in [3.8, 4) is 5.75 Å². The minimum atomic E-state index is -5.07. The van der Waals surface area contributed by atoms with Crippen LogP contribution in [-0.4, -0.2) is 59.6 Å². The third-order valence-corrected chi connectivity index (χ3v) is 5.32. The van der Waals surface area contributed by atoms with Crippen LogP contribution in [0.15, 0.2) is 36.7 Å². The van der Waals surface area contributed by atoms with E-state index in [9.17, 15) is 31.1 Å². The lowest BCUT2D eigenvalue weighted by atomic mass is 10.1. The first-order chi connectivity index (χ1) is 16.5. The quantitative estimate of drug-likeness (QED) is 0.495. The predicted octanol–water partition coefficient (Wildman–Crippen LogP) is 3.73. The van der Waals surface area contributed by atoms with Gasteiger partial charge >= 0.3 is 6.36 Å². The Balaban J connectivity index is 1.57. The van der Waals surface area contributed by atoms with Crippen molar-refractivity contribution in [2.75, 3.05) is 31.7 Å². The molecule has 1 amide bonds. The summed E-state index contributed by atoms with van der Waals surface area (Å²) in [5.41, 5.74) is 0.236. The number of halogens is 6. The number of carbonyl (C=O) groups excluding carboxylic acids is 1. The van der Waals surface area contributed by atoms with Gasteiger partial charge in [-0.3, -0.25) is 4.79 Å². The summed E-state index contributed by atoms with van der Waals surface area (Å²) in [6, 6.07) is 3.31. The van der Waals surface area contributed by atoms with E-state index in [1.165, 1.54) is 35.0 Å². The predicted molar refractivity (Wildman–Crippen MR) is 110 cm³/mol. The summed E-state index contributed by atoms with van der Waals surface area (Å²) in [4.78, 5) is 18.7. The number of anilines is 1. The number of benzene rings is 1. The van der Waals surface area contributed by atoms with Crippen LogP contribution < -0.4 is 15.0 Å². The monoisotopic (exact) mass is 503 g/mol. The fraction of sp³-hybridized carbons (Fsp3) is 0.381. The number of amides is 1. The molecular weight excluding hydrogens is 484 g/mol. The molecule has 1 N–H and O–H groups in total. The molecule has 0 radical (unpaired) electrons. The molecule has 1 fully saturated rings. The molecule has 14 heteroatoms. The second-order valence-electron chi connectivity index (χ2n) is 7.86. The Morgan fingerprint density at radius 3 is 2.69 bits per heavy atom. The van der Waals surface area contributed by atoms with Gasteiger partial charge in [-0.25, -0.2) is 22.7 Å². The van der Waals surface area contributed by atoms with Crippen LogP contribution in [0.3, 0.4) is 0 Å². The maximum absolute atomic E-state index is 14.2. The van der Waals surface area contributed by atoms with E-state index in [0.29, 0.717) is 0 Å². The number of aromatic nitrogens is 3. The molecule has 188 valence electrons. The van der Waals surface area contributed by atoms with Gasteiger partial charge in [0.15, 0.2) is 17.2 Å². The lowest BCUT2D eigenvalue weighted by Gasteiger charge is -2.19. The standard InChI is InChI=1S/C21H19F6N5O3/c1-34-10-15(12-2-3-16(14(22)8-12)35-21(25,26)27)29-19(33)13-9-28-32-6-4-17(30-18(13)32)31-7-5-20(23,24)11-31/h2-4,6,8-9,15H,5,7,10-11H2,1H3,(H,29,33). The van der Waals surface area contributed by atoms with E-state index in [1.807, 2.05) is 0 Å². The van der Waals surface area contributed by atoms with Crippen LogP contribution >= 0.6 is 0 Å². The molecule has 4 rings (SSSR count). The highest BCUT2D eigenvalue weighted by molar-refractivity contribution is 6.00. The maximum Gasteiger partial charge on any atom is 0.573 e. The van der Waals surface area contributed by atoms with Gasteiger partial charge in [-0.1, -0.05) is 6.07 Å². The largest absolute Gasteiger partial charge is 0.573 e. The molecule has 3 aromatic rings. The topological polar surface area (TPSA) is 81.0 Å². The average molecular weight is 503 g/mol. The molecule has 1 aliphatic rings. The van der Waals surface area contributed by atoms with Crippen LogP contribution in [-0.2, 0) is 4.74 Å². The number of carbonyl (C=O) groups is 1. The first kappa shape index (κ1) is 24.6. The second kappa shape index (κ2) is 9.24. The number of rotatable bonds is 7. The fourth-order valence-corrected chi connectivity index (χ4v) is 3.69. The highest BCUT2D eigenvalue weighted by Crippen LogP contribution is 2.31. The van der Waals surface area contributed by atoms with E-state index in [0.717, 1.165) is 18.2 Å². The maximum atomic E-state index is 14.2. The fourth-order valence-electron chi connectivity index (χ4n) is 3.69. The van der Waals surface area contributed by atoms with Crippen LogP contribution in [0, 0.1) is 5.82 Å². The van der Waals surface area contributed by atoms with Crippen LogP contribution in [0.5, 0.6) is 5.75 Å². The lowest BCUT2D eigenvalue weighted by molar-refractivity contribution is -0.275. The Labute approximate surface area is 194 Å². The third-order valence-electron chi connectivity index (χ3n) is 5.32. The average Bonchev–Trinajstić information content (AvgIpc) is 3.36. The minimum absolute atomic E-state index is 0.0106. The zero-order chi connectivity index (χ0) is 25.4. The Morgan fingerprint density at radius 1 is 1.29 bits per heavy atom. The molecule has 1 aliphatic heterocycles. The van der Waals surface area contributed by atoms with Crippen molar-refractivity contribution in [2.24, 2.45) is 0 Å². The van der Waals surface area contributed by atoms with Gasteiger partial charge in [-0.05, 0) is 23.8 Å². The zero-order valence-corrected chi connectivity index (χ0v) is 18.2. The summed E-state index contributed by atoms with van der Waals surface area (Å²) in [5, 5.41) is 6.64. The normalized spacial score (nSPS) is 16.5. The van der Waals surface area contributed by atoms with Crippen LogP contribution in [0.1, 0.15) is 28.4 Å². The molecule has 2 aromatic heterocycles. The molecule has 8 nitrogen and oxygen atoms in total. The summed E-state index contributed by atoms with van der Waals surface area (Å²) in [6.07, 6.45) is -2.67. The van der Waals surface area contributed by atoms with Gasteiger partial charge in [0, 0.05) is 26.3 Å². The highest BCUT2D eigenvalue weighted by Gasteiger charge is 2.39. The van der Waals surface area contributed by atoms with E-state index in [1.54, 1.807) is 0 Å². The van der Waals surface area contributed by atoms with Crippen LogP contribution in [0.25, 0.3) is 5.65 Å². The molecule has 1 unspecified atom stereocenters. The van der Waals surface area contributed by atoms with Crippen molar-refractivity contribution in [1.82, 2.24) is 19.9 Å². The number of hydrogen-bond donors (Lipinski definition) is 1. The first-order valence-corrected chi connectivity index (χ1v) is 10.3. The SMILES string of the molecule is COCC(NC(=O)c1cnn2ccc(N3CCC(F)(F)C3)nc12)c1ccc(OC(F)(F)F)c(F)c1. The first-order valence-electron chi connectivity index (χ1n) is 10.3. The smallest absolute Gasteiger partial charge is 0.403 e. The van der Waals surface area contributed by atoms with Gasteiger partial charge < -0.3 is 19.7 Å². The molecule has 1 atom stereocenters. The summed E-state index contributed by atoms with van der Waals surface area (Å²) in [7, 11) is 1.33. The summed E-state index contributed by atoms with van der Waals surface area (Å²) >= 11 is 0. The van der Waals surface area contributed by atoms with Gasteiger partial charge in [-0.2, -0.15) is 5.10 Å². The van der Waals surface area contributed by atoms with E-state index in [4.69, 9.17) is 4.74 Å². The number of methoxy groups -OCH3 is 1. The molecule has 35 heavy (non-hydrogen) atoms. The number of hydrogen-bond acceptors (Lipinski definition) is 6. The van der Waals surface area contributed by atoms with Gasteiger partial charge in [0.2, 0.25) is 0 Å². The summed E-state index contributed by atoms with van der Waals surface area (Å²) in [5.74, 6) is -5.57. The van der Waals surface area contributed by atoms with E-state index < -0.39 is 42.3 Å². The van der Waals surface area contributed by atoms with Crippen molar-refractivity contribution in [3.05, 3.63) is 53.6 Å². The van der Waals surface area contributed by atoms with Crippen molar-refractivity contribution < 1.29 is 40.6 Å². The Bertz CT molecular complexity index is 1230. The number of fused-ring (bicyclic) bond motifs is 1. The van der Waals surface area contributed by atoms with Crippen molar-refractivity contribution in [3.63, 3.8) is 0 Å². The van der Waals surface area contributed by atoms with E-state index >= 15 is 0 Å². The zero-order valence-electron chi connectivity index (χ0n) is 18.2. The Hall–Kier alpha value is -3.55. The molecule has 0 bridgehead atoms. The Morgan fingerprint density at radius 2 is 2.06 bits per heavy atom. The van der Waals surface area contributed by atoms with Crippen molar-refractivity contribution >= 4 is 17.4 Å². The summed E-state index contributed by atoms with van der Waals surface area (Å²) < 4.78 is 88.6. The number of nitrogens with zero attached hydrogens (tertiary/aromatic N) is 4. The second-order valence-corrected chi connectivity index (χ2v) is 7.86. The Kier molecular flexibility index (Phi) is 6.49. The molecular formula is C21H19F6N5O3.